The molecule has 1 aromatic rings. The molecule has 1 aromatic carbocycles. The number of hydrogen-bond donors (Lipinski definition) is 0. The lowest BCUT2D eigenvalue weighted by molar-refractivity contribution is -0.135. The van der Waals surface area contributed by atoms with Gasteiger partial charge in [-0.1, -0.05) is 12.1 Å². The van der Waals surface area contributed by atoms with E-state index in [2.05, 4.69) is 0 Å². The normalized spacial score (nSPS) is 9.21. The molecule has 0 saturated carbocycles. The Labute approximate surface area is 81.4 Å². The lowest BCUT2D eigenvalue weighted by Crippen LogP contribution is -2.08. The van der Waals surface area contributed by atoms with Crippen LogP contribution < -0.4 is 9.47 Å². The monoisotopic (exact) mass is 194 g/mol. The zero-order chi connectivity index (χ0) is 10.4. The van der Waals surface area contributed by atoms with Crippen molar-refractivity contribution in [3.05, 3.63) is 24.3 Å². The SMILES string of the molecule is COc1ccccc1OC(=O)CC=O. The molecule has 0 fully saturated rings. The number of para-hydroxylation sites is 2. The van der Waals surface area contributed by atoms with Gasteiger partial charge in [0.25, 0.3) is 0 Å². The van der Waals surface area contributed by atoms with Crippen LogP contribution in [0, 0.1) is 0 Å². The highest BCUT2D eigenvalue weighted by Gasteiger charge is 2.07. The van der Waals surface area contributed by atoms with Crippen LogP contribution in [-0.4, -0.2) is 19.4 Å². The molecule has 4 nitrogen and oxygen atoms in total. The van der Waals surface area contributed by atoms with Gasteiger partial charge in [0.2, 0.25) is 0 Å². The Kier molecular flexibility index (Phi) is 3.67. The molecule has 0 unspecified atom stereocenters. The molecular formula is C10H10O4. The summed E-state index contributed by atoms with van der Waals surface area (Å²) in [6.07, 6.45) is 0.246. The summed E-state index contributed by atoms with van der Waals surface area (Å²) in [5.74, 6) is 0.193. The van der Waals surface area contributed by atoms with Gasteiger partial charge in [-0.2, -0.15) is 0 Å². The second kappa shape index (κ2) is 5.01. The summed E-state index contributed by atoms with van der Waals surface area (Å²) in [6.45, 7) is 0. The van der Waals surface area contributed by atoms with Crippen LogP contribution >= 0.6 is 0 Å². The summed E-state index contributed by atoms with van der Waals surface area (Å²) in [7, 11) is 1.48. The van der Waals surface area contributed by atoms with Crippen molar-refractivity contribution in [2.24, 2.45) is 0 Å². The van der Waals surface area contributed by atoms with Gasteiger partial charge in [0, 0.05) is 0 Å². The van der Waals surface area contributed by atoms with Gasteiger partial charge in [-0.05, 0) is 12.1 Å². The highest BCUT2D eigenvalue weighted by atomic mass is 16.6. The zero-order valence-corrected chi connectivity index (χ0v) is 7.73. The van der Waals surface area contributed by atoms with E-state index >= 15 is 0 Å². The van der Waals surface area contributed by atoms with Gasteiger partial charge in [-0.3, -0.25) is 4.79 Å². The maximum atomic E-state index is 11.0. The van der Waals surface area contributed by atoms with Crippen LogP contribution in [0.3, 0.4) is 0 Å². The standard InChI is InChI=1S/C10H10O4/c1-13-8-4-2-3-5-9(8)14-10(12)6-7-11/h2-5,7H,6H2,1H3. The molecule has 14 heavy (non-hydrogen) atoms. The van der Waals surface area contributed by atoms with Gasteiger partial charge < -0.3 is 14.3 Å². The first-order valence-corrected chi connectivity index (χ1v) is 4.05. The van der Waals surface area contributed by atoms with Crippen molar-refractivity contribution in [1.29, 1.82) is 0 Å². The first-order valence-electron chi connectivity index (χ1n) is 4.05. The summed E-state index contributed by atoms with van der Waals surface area (Å²) < 4.78 is 9.84. The molecule has 1 rings (SSSR count). The van der Waals surface area contributed by atoms with Crippen LogP contribution in [0.1, 0.15) is 6.42 Å². The summed E-state index contributed by atoms with van der Waals surface area (Å²) in [5.41, 5.74) is 0. The van der Waals surface area contributed by atoms with Crippen molar-refractivity contribution in [3.63, 3.8) is 0 Å². The third-order valence-electron chi connectivity index (χ3n) is 1.54. The number of rotatable bonds is 4. The molecule has 0 bridgehead atoms. The Bertz CT molecular complexity index is 333. The van der Waals surface area contributed by atoms with E-state index in [-0.39, 0.29) is 6.42 Å². The molecule has 0 N–H and O–H groups in total. The molecule has 0 saturated heterocycles. The summed E-state index contributed by atoms with van der Waals surface area (Å²) in [6, 6.07) is 6.74. The molecule has 0 aliphatic rings. The first kappa shape index (κ1) is 10.2. The minimum absolute atomic E-state index is 0.252. The van der Waals surface area contributed by atoms with Crippen molar-refractivity contribution < 1.29 is 19.1 Å². The molecule has 0 aliphatic heterocycles. The molecule has 0 aromatic heterocycles. The number of aldehydes is 1. The second-order valence-electron chi connectivity index (χ2n) is 2.50. The fourth-order valence-electron chi connectivity index (χ4n) is 0.935. The number of benzene rings is 1. The van der Waals surface area contributed by atoms with E-state index in [1.54, 1.807) is 24.3 Å². The van der Waals surface area contributed by atoms with Crippen molar-refractivity contribution in [3.8, 4) is 11.5 Å². The Morgan fingerprint density at radius 3 is 2.57 bits per heavy atom. The fraction of sp³-hybridized carbons (Fsp3) is 0.200. The van der Waals surface area contributed by atoms with Crippen molar-refractivity contribution >= 4 is 12.3 Å². The number of carbonyl (C=O) groups is 2. The van der Waals surface area contributed by atoms with Crippen LogP contribution in [0.2, 0.25) is 0 Å². The molecule has 74 valence electrons. The smallest absolute Gasteiger partial charge is 0.318 e. The average Bonchev–Trinajstić information content (AvgIpc) is 2.19. The molecule has 0 atom stereocenters. The van der Waals surface area contributed by atoms with E-state index in [0.29, 0.717) is 17.8 Å². The number of hydrogen-bond acceptors (Lipinski definition) is 4. The summed E-state index contributed by atoms with van der Waals surface area (Å²) in [4.78, 5) is 21.0. The largest absolute Gasteiger partial charge is 0.493 e. The van der Waals surface area contributed by atoms with Crippen molar-refractivity contribution in [2.75, 3.05) is 7.11 Å². The third-order valence-corrected chi connectivity index (χ3v) is 1.54. The lowest BCUT2D eigenvalue weighted by Gasteiger charge is -2.06. The highest BCUT2D eigenvalue weighted by Crippen LogP contribution is 2.25. The van der Waals surface area contributed by atoms with E-state index in [0.717, 1.165) is 0 Å². The third kappa shape index (κ3) is 2.58. The van der Waals surface area contributed by atoms with E-state index in [1.165, 1.54) is 7.11 Å². The number of methoxy groups -OCH3 is 1. The Morgan fingerprint density at radius 1 is 1.36 bits per heavy atom. The van der Waals surface area contributed by atoms with Gasteiger partial charge in [0.15, 0.2) is 11.5 Å². The van der Waals surface area contributed by atoms with E-state index in [1.807, 2.05) is 0 Å². The molecule has 0 aliphatic carbocycles. The Morgan fingerprint density at radius 2 is 2.00 bits per heavy atom. The molecule has 0 spiro atoms. The molecule has 0 amide bonds. The number of esters is 1. The fourth-order valence-corrected chi connectivity index (χ4v) is 0.935. The predicted octanol–water partition coefficient (Wildman–Crippen LogP) is 1.19. The van der Waals surface area contributed by atoms with Gasteiger partial charge in [-0.25, -0.2) is 0 Å². The highest BCUT2D eigenvalue weighted by molar-refractivity contribution is 5.85. The van der Waals surface area contributed by atoms with E-state index in [9.17, 15) is 9.59 Å². The van der Waals surface area contributed by atoms with Gasteiger partial charge in [0.1, 0.15) is 12.7 Å². The topological polar surface area (TPSA) is 52.6 Å². The maximum Gasteiger partial charge on any atom is 0.318 e. The number of ether oxygens (including phenoxy) is 2. The maximum absolute atomic E-state index is 11.0. The zero-order valence-electron chi connectivity index (χ0n) is 7.73. The summed E-state index contributed by atoms with van der Waals surface area (Å²) in [5, 5.41) is 0. The average molecular weight is 194 g/mol. The summed E-state index contributed by atoms with van der Waals surface area (Å²) >= 11 is 0. The van der Waals surface area contributed by atoms with Gasteiger partial charge >= 0.3 is 5.97 Å². The van der Waals surface area contributed by atoms with Crippen molar-refractivity contribution in [1.82, 2.24) is 0 Å². The molecule has 4 heteroatoms. The van der Waals surface area contributed by atoms with Crippen LogP contribution in [0.4, 0.5) is 0 Å². The van der Waals surface area contributed by atoms with Gasteiger partial charge in [0.05, 0.1) is 7.11 Å². The quantitative estimate of drug-likeness (QED) is 0.312. The van der Waals surface area contributed by atoms with Crippen LogP contribution in [0.25, 0.3) is 0 Å². The first-order chi connectivity index (χ1) is 6.77. The minimum atomic E-state index is -0.593. The molecule has 0 heterocycles. The van der Waals surface area contributed by atoms with Crippen LogP contribution in [0.15, 0.2) is 24.3 Å². The second-order valence-corrected chi connectivity index (χ2v) is 2.50. The Balaban J connectivity index is 2.74. The van der Waals surface area contributed by atoms with E-state index < -0.39 is 5.97 Å². The predicted molar refractivity (Wildman–Crippen MR) is 49.3 cm³/mol. The Hall–Kier alpha value is -1.84. The van der Waals surface area contributed by atoms with Crippen molar-refractivity contribution in [2.45, 2.75) is 6.42 Å². The van der Waals surface area contributed by atoms with Gasteiger partial charge in [-0.15, -0.1) is 0 Å². The van der Waals surface area contributed by atoms with Crippen LogP contribution in [0.5, 0.6) is 11.5 Å². The molecule has 0 radical (unpaired) electrons. The lowest BCUT2D eigenvalue weighted by atomic mass is 10.3. The van der Waals surface area contributed by atoms with E-state index in [4.69, 9.17) is 9.47 Å². The molecular weight excluding hydrogens is 184 g/mol. The minimum Gasteiger partial charge on any atom is -0.493 e. The van der Waals surface area contributed by atoms with Crippen LogP contribution in [-0.2, 0) is 9.59 Å². The number of carbonyl (C=O) groups excluding carboxylic acids is 2.